The number of amides is 1. The summed E-state index contributed by atoms with van der Waals surface area (Å²) in [4.78, 5) is 14.7. The Kier molecular flexibility index (Phi) is 5.58. The predicted molar refractivity (Wildman–Crippen MR) is 97.8 cm³/mol. The first kappa shape index (κ1) is 18.5. The number of sulfone groups is 1. The summed E-state index contributed by atoms with van der Waals surface area (Å²) in [5.74, 6) is 0.757. The van der Waals surface area contributed by atoms with Crippen LogP contribution in [0.4, 0.5) is 0 Å². The fourth-order valence-corrected chi connectivity index (χ4v) is 5.81. The van der Waals surface area contributed by atoms with Gasteiger partial charge in [-0.2, -0.15) is 0 Å². The first-order chi connectivity index (χ1) is 11.9. The maximum Gasteiger partial charge on any atom is 0.261 e. The van der Waals surface area contributed by atoms with Crippen LogP contribution in [0.5, 0.6) is 5.75 Å². The van der Waals surface area contributed by atoms with Crippen molar-refractivity contribution < 1.29 is 17.9 Å². The summed E-state index contributed by atoms with van der Waals surface area (Å²) in [6.45, 7) is 1.81. The minimum Gasteiger partial charge on any atom is -0.483 e. The molecule has 3 rings (SSSR count). The van der Waals surface area contributed by atoms with E-state index in [0.717, 1.165) is 31.2 Å². The molecule has 138 valence electrons. The van der Waals surface area contributed by atoms with E-state index in [2.05, 4.69) is 0 Å². The first-order valence-electron chi connectivity index (χ1n) is 8.76. The molecule has 1 saturated heterocycles. The normalized spacial score (nSPS) is 22.9. The van der Waals surface area contributed by atoms with E-state index in [-0.39, 0.29) is 36.1 Å². The Morgan fingerprint density at radius 3 is 2.56 bits per heavy atom. The van der Waals surface area contributed by atoms with Crippen LogP contribution >= 0.6 is 11.6 Å². The van der Waals surface area contributed by atoms with Crippen LogP contribution < -0.4 is 4.74 Å². The summed E-state index contributed by atoms with van der Waals surface area (Å²) in [6, 6.07) is 5.20. The lowest BCUT2D eigenvalue weighted by atomic mass is 10.1. The molecule has 0 bridgehead atoms. The maximum atomic E-state index is 12.9. The molecule has 1 aromatic rings. The van der Waals surface area contributed by atoms with Gasteiger partial charge in [-0.25, -0.2) is 8.42 Å². The van der Waals surface area contributed by atoms with Crippen LogP contribution in [0.25, 0.3) is 0 Å². The number of hydrogen-bond donors (Lipinski definition) is 0. The number of nitrogens with zero attached hydrogens (tertiary/aromatic N) is 1. The van der Waals surface area contributed by atoms with Gasteiger partial charge in [0.2, 0.25) is 0 Å². The summed E-state index contributed by atoms with van der Waals surface area (Å²) in [7, 11) is -3.03. The molecule has 1 aliphatic carbocycles. The molecule has 0 aromatic heterocycles. The lowest BCUT2D eigenvalue weighted by Crippen LogP contribution is -2.48. The molecule has 5 nitrogen and oxygen atoms in total. The Balaban J connectivity index is 1.70. The molecule has 7 heteroatoms. The fraction of sp³-hybridized carbons (Fsp3) is 0.611. The second kappa shape index (κ2) is 7.54. The van der Waals surface area contributed by atoms with Crippen LogP contribution in [-0.2, 0) is 14.6 Å². The Hall–Kier alpha value is -1.27. The zero-order valence-corrected chi connectivity index (χ0v) is 16.0. The molecule has 0 N–H and O–H groups in total. The van der Waals surface area contributed by atoms with Crippen molar-refractivity contribution in [2.45, 2.75) is 51.1 Å². The topological polar surface area (TPSA) is 63.7 Å². The third-order valence-electron chi connectivity index (χ3n) is 5.10. The van der Waals surface area contributed by atoms with Gasteiger partial charge >= 0.3 is 0 Å². The molecule has 0 spiro atoms. The van der Waals surface area contributed by atoms with Crippen molar-refractivity contribution in [3.05, 3.63) is 28.8 Å². The molecule has 2 fully saturated rings. The second-order valence-electron chi connectivity index (χ2n) is 6.99. The van der Waals surface area contributed by atoms with Crippen molar-refractivity contribution in [1.29, 1.82) is 0 Å². The molecule has 1 aliphatic heterocycles. The van der Waals surface area contributed by atoms with E-state index in [1.165, 1.54) is 0 Å². The van der Waals surface area contributed by atoms with Crippen LogP contribution in [0, 0.1) is 6.92 Å². The summed E-state index contributed by atoms with van der Waals surface area (Å²) in [5, 5.41) is 0.625. The predicted octanol–water partition coefficient (Wildman–Crippen LogP) is 2.99. The number of ether oxygens (including phenoxy) is 1. The van der Waals surface area contributed by atoms with Gasteiger partial charge in [0.15, 0.2) is 16.4 Å². The summed E-state index contributed by atoms with van der Waals surface area (Å²) < 4.78 is 29.4. The van der Waals surface area contributed by atoms with Crippen molar-refractivity contribution >= 4 is 27.3 Å². The minimum absolute atomic E-state index is 0.0739. The van der Waals surface area contributed by atoms with E-state index in [1.807, 2.05) is 11.8 Å². The highest BCUT2D eigenvalue weighted by molar-refractivity contribution is 7.91. The van der Waals surface area contributed by atoms with E-state index >= 15 is 0 Å². The van der Waals surface area contributed by atoms with Gasteiger partial charge in [-0.05, 0) is 49.9 Å². The van der Waals surface area contributed by atoms with Crippen molar-refractivity contribution in [1.82, 2.24) is 4.90 Å². The molecule has 1 saturated carbocycles. The number of carbonyl (C=O) groups is 1. The molecule has 0 radical (unpaired) electrons. The van der Waals surface area contributed by atoms with Crippen molar-refractivity contribution in [3.8, 4) is 5.75 Å². The zero-order valence-electron chi connectivity index (χ0n) is 14.4. The van der Waals surface area contributed by atoms with Crippen LogP contribution in [0.2, 0.25) is 5.02 Å². The van der Waals surface area contributed by atoms with Crippen LogP contribution in [0.3, 0.4) is 0 Å². The molecule has 0 unspecified atom stereocenters. The Morgan fingerprint density at radius 2 is 1.96 bits per heavy atom. The van der Waals surface area contributed by atoms with Crippen LogP contribution in [0.1, 0.15) is 37.7 Å². The Morgan fingerprint density at radius 1 is 1.24 bits per heavy atom. The van der Waals surface area contributed by atoms with E-state index in [4.69, 9.17) is 16.3 Å². The van der Waals surface area contributed by atoms with E-state index in [1.54, 1.807) is 18.2 Å². The minimum atomic E-state index is -3.03. The average Bonchev–Trinajstić information content (AvgIpc) is 3.17. The van der Waals surface area contributed by atoms with Gasteiger partial charge in [0.1, 0.15) is 5.75 Å². The number of rotatable bonds is 5. The van der Waals surface area contributed by atoms with Crippen molar-refractivity contribution in [2.75, 3.05) is 18.1 Å². The lowest BCUT2D eigenvalue weighted by molar-refractivity contribution is -0.137. The quantitative estimate of drug-likeness (QED) is 0.781. The first-order valence-corrected chi connectivity index (χ1v) is 11.0. The maximum absolute atomic E-state index is 12.9. The summed E-state index contributed by atoms with van der Waals surface area (Å²) in [6.07, 6.45) is 4.60. The van der Waals surface area contributed by atoms with E-state index in [0.29, 0.717) is 17.2 Å². The van der Waals surface area contributed by atoms with Crippen molar-refractivity contribution in [2.24, 2.45) is 0 Å². The van der Waals surface area contributed by atoms with Crippen molar-refractivity contribution in [3.63, 3.8) is 0 Å². The highest BCUT2D eigenvalue weighted by Gasteiger charge is 2.39. The smallest absolute Gasteiger partial charge is 0.261 e. The zero-order chi connectivity index (χ0) is 18.0. The monoisotopic (exact) mass is 385 g/mol. The van der Waals surface area contributed by atoms with Crippen LogP contribution in [-0.4, -0.2) is 49.4 Å². The number of benzene rings is 1. The molecule has 1 heterocycles. The number of aryl methyl sites for hydroxylation is 1. The SMILES string of the molecule is Cc1cc(Cl)ccc1OCC(=O)N(C1CCCC1)[C@@H]1CCS(=O)(=O)C1. The highest BCUT2D eigenvalue weighted by atomic mass is 35.5. The lowest BCUT2D eigenvalue weighted by Gasteiger charge is -2.34. The average molecular weight is 386 g/mol. The summed E-state index contributed by atoms with van der Waals surface area (Å²) in [5.41, 5.74) is 0.871. The van der Waals surface area contributed by atoms with Gasteiger partial charge in [-0.1, -0.05) is 24.4 Å². The van der Waals surface area contributed by atoms with Gasteiger partial charge in [0, 0.05) is 17.1 Å². The number of halogens is 1. The number of carbonyl (C=O) groups excluding carboxylic acids is 1. The molecular formula is C18H24ClNO4S. The molecule has 1 aromatic carbocycles. The van der Waals surface area contributed by atoms with E-state index < -0.39 is 9.84 Å². The highest BCUT2D eigenvalue weighted by Crippen LogP contribution is 2.29. The standard InChI is InChI=1S/C18H24ClNO4S/c1-13-10-14(19)6-7-17(13)24-11-18(21)20(15-4-2-3-5-15)16-8-9-25(22,23)12-16/h6-7,10,15-16H,2-5,8-9,11-12H2,1H3/t16-/m1/s1. The van der Waals surface area contributed by atoms with Gasteiger partial charge < -0.3 is 9.64 Å². The van der Waals surface area contributed by atoms with Gasteiger partial charge in [-0.15, -0.1) is 0 Å². The second-order valence-corrected chi connectivity index (χ2v) is 9.66. The molecule has 1 atom stereocenters. The largest absolute Gasteiger partial charge is 0.483 e. The van der Waals surface area contributed by atoms with Gasteiger partial charge in [0.05, 0.1) is 11.5 Å². The number of hydrogen-bond acceptors (Lipinski definition) is 4. The van der Waals surface area contributed by atoms with E-state index in [9.17, 15) is 13.2 Å². The van der Waals surface area contributed by atoms with Gasteiger partial charge in [-0.3, -0.25) is 4.79 Å². The fourth-order valence-electron chi connectivity index (χ4n) is 3.87. The molecule has 2 aliphatic rings. The molecule has 25 heavy (non-hydrogen) atoms. The van der Waals surface area contributed by atoms with Gasteiger partial charge in [0.25, 0.3) is 5.91 Å². The molecule has 1 amide bonds. The third-order valence-corrected chi connectivity index (χ3v) is 7.08. The summed E-state index contributed by atoms with van der Waals surface area (Å²) >= 11 is 5.94. The van der Waals surface area contributed by atoms with Crippen LogP contribution in [0.15, 0.2) is 18.2 Å². The third kappa shape index (κ3) is 4.47. The Bertz CT molecular complexity index is 743. The Labute approximate surface area is 154 Å². The molecular weight excluding hydrogens is 362 g/mol.